The van der Waals surface area contributed by atoms with Gasteiger partial charge in [-0.05, 0) is 63.1 Å². The van der Waals surface area contributed by atoms with Crippen molar-refractivity contribution in [1.29, 1.82) is 0 Å². The van der Waals surface area contributed by atoms with E-state index >= 15 is 0 Å². The Balaban J connectivity index is 2.12. The van der Waals surface area contributed by atoms with Gasteiger partial charge in [0.1, 0.15) is 24.4 Å². The third-order valence-corrected chi connectivity index (χ3v) is 6.13. The number of unbranched alkanes of at least 4 members (excludes halogenated alkanes) is 1. The predicted octanol–water partition coefficient (Wildman–Crippen LogP) is -0.685. The number of carbonyl (C=O) groups is 4. The zero-order valence-electron chi connectivity index (χ0n) is 22.0. The number of nitrogens with two attached hydrogens (primary N) is 4. The lowest BCUT2D eigenvalue weighted by molar-refractivity contribution is -0.130. The lowest BCUT2D eigenvalue weighted by atomic mass is 10.0. The molecular weight excluding hydrogens is 520 g/mol. The third-order valence-electron chi connectivity index (χ3n) is 6.13. The van der Waals surface area contributed by atoms with Crippen molar-refractivity contribution in [3.05, 3.63) is 53.1 Å². The van der Waals surface area contributed by atoms with Crippen molar-refractivity contribution in [3.8, 4) is 5.75 Å². The number of aliphatic hydroxyl groups excluding tert-OH is 1. The number of benzene rings is 2. The Bertz CT molecular complexity index is 1310. The number of aliphatic imine (C=N–C) groups is 1. The van der Waals surface area contributed by atoms with Crippen molar-refractivity contribution < 1.29 is 29.0 Å². The molecule has 1 unspecified atom stereocenters. The van der Waals surface area contributed by atoms with E-state index in [4.69, 9.17) is 27.7 Å². The normalized spacial score (nSPS) is 18.4. The second kappa shape index (κ2) is 13.4. The fourth-order valence-electron chi connectivity index (χ4n) is 4.03. The van der Waals surface area contributed by atoms with Crippen LogP contribution in [0.1, 0.15) is 52.5 Å². The van der Waals surface area contributed by atoms with Crippen molar-refractivity contribution >= 4 is 41.0 Å². The van der Waals surface area contributed by atoms with E-state index in [0.29, 0.717) is 24.9 Å². The Morgan fingerprint density at radius 1 is 1.07 bits per heavy atom. The Labute approximate surface area is 230 Å². The highest BCUT2D eigenvalue weighted by atomic mass is 16.5. The molecular formula is C26H34N8O6. The van der Waals surface area contributed by atoms with Crippen LogP contribution in [0.25, 0.3) is 0 Å². The van der Waals surface area contributed by atoms with E-state index in [9.17, 15) is 24.3 Å². The zero-order valence-corrected chi connectivity index (χ0v) is 22.0. The molecule has 0 bridgehead atoms. The van der Waals surface area contributed by atoms with E-state index in [0.717, 1.165) is 0 Å². The maximum Gasteiger partial charge on any atom is 0.255 e. The lowest BCUT2D eigenvalue weighted by Crippen LogP contribution is -2.56. The number of hydrogen-bond acceptors (Lipinski definition) is 8. The molecule has 0 aliphatic carbocycles. The van der Waals surface area contributed by atoms with Crippen LogP contribution in [-0.4, -0.2) is 59.4 Å². The average molecular weight is 555 g/mol. The summed E-state index contributed by atoms with van der Waals surface area (Å²) in [5.74, 6) is -2.92. The highest BCUT2D eigenvalue weighted by Crippen LogP contribution is 2.28. The van der Waals surface area contributed by atoms with Gasteiger partial charge in [0.05, 0.1) is 17.4 Å². The van der Waals surface area contributed by atoms with Gasteiger partial charge in [0, 0.05) is 16.8 Å². The first kappa shape index (κ1) is 29.9. The van der Waals surface area contributed by atoms with Gasteiger partial charge < -0.3 is 48.7 Å². The number of hydrogen-bond donors (Lipinski definition) is 8. The number of nitrogens with zero attached hydrogens (tertiary/aromatic N) is 1. The minimum absolute atomic E-state index is 0.0441. The number of rotatable bonds is 7. The van der Waals surface area contributed by atoms with Gasteiger partial charge in [-0.3, -0.25) is 19.2 Å². The first-order chi connectivity index (χ1) is 19.0. The van der Waals surface area contributed by atoms with E-state index < -0.39 is 41.8 Å². The molecule has 2 aromatic rings. The van der Waals surface area contributed by atoms with Crippen LogP contribution < -0.4 is 43.6 Å². The largest absolute Gasteiger partial charge is 0.488 e. The minimum atomic E-state index is -1.39. The molecule has 4 amide bonds. The van der Waals surface area contributed by atoms with Crippen LogP contribution in [0.15, 0.2) is 41.4 Å². The van der Waals surface area contributed by atoms with Crippen LogP contribution in [0.5, 0.6) is 5.75 Å². The maximum atomic E-state index is 13.5. The Hall–Kier alpha value is -4.69. The van der Waals surface area contributed by atoms with Crippen LogP contribution in [0, 0.1) is 0 Å². The fourth-order valence-corrected chi connectivity index (χ4v) is 4.03. The topological polar surface area (TPSA) is 250 Å². The molecule has 0 radical (unpaired) electrons. The molecule has 0 saturated heterocycles. The average Bonchev–Trinajstić information content (AvgIpc) is 2.89. The molecule has 1 aliphatic heterocycles. The summed E-state index contributed by atoms with van der Waals surface area (Å²) >= 11 is 0. The number of carbonyl (C=O) groups excluding carboxylic acids is 4. The molecule has 3 rings (SSSR count). The van der Waals surface area contributed by atoms with Gasteiger partial charge in [-0.1, -0.05) is 6.07 Å². The first-order valence-electron chi connectivity index (χ1n) is 12.6. The molecule has 0 fully saturated rings. The Morgan fingerprint density at radius 3 is 2.48 bits per heavy atom. The third kappa shape index (κ3) is 7.68. The summed E-state index contributed by atoms with van der Waals surface area (Å²) < 4.78 is 5.95. The van der Waals surface area contributed by atoms with E-state index in [1.807, 2.05) is 0 Å². The van der Waals surface area contributed by atoms with Gasteiger partial charge in [-0.2, -0.15) is 0 Å². The number of aliphatic hydroxyl groups is 1. The summed E-state index contributed by atoms with van der Waals surface area (Å²) in [6.45, 7) is 1.58. The van der Waals surface area contributed by atoms with E-state index in [2.05, 4.69) is 20.9 Å². The Kier molecular flexibility index (Phi) is 10.00. The number of guanidine groups is 1. The molecule has 3 atom stereocenters. The maximum absolute atomic E-state index is 13.5. The van der Waals surface area contributed by atoms with Gasteiger partial charge in [-0.15, -0.1) is 0 Å². The van der Waals surface area contributed by atoms with Crippen LogP contribution in [-0.2, 0) is 16.2 Å². The summed E-state index contributed by atoms with van der Waals surface area (Å²) in [5, 5.41) is 18.2. The SMILES string of the molecule is C[C@@H](O)[C@@H]1NC(=O)C(CCCCN)NC(=O)c2cc(N=C(N)N)ccc2OCc2ccc(C(N)=O)cc2NC1=O. The highest BCUT2D eigenvalue weighted by molar-refractivity contribution is 6.03. The number of nitrogens with one attached hydrogen (secondary N) is 3. The molecule has 214 valence electrons. The van der Waals surface area contributed by atoms with E-state index in [-0.39, 0.29) is 47.2 Å². The highest BCUT2D eigenvalue weighted by Gasteiger charge is 2.31. The summed E-state index contributed by atoms with van der Waals surface area (Å²) in [6.07, 6.45) is -0.00886. The summed E-state index contributed by atoms with van der Waals surface area (Å²) in [6, 6.07) is 6.30. The number of anilines is 1. The van der Waals surface area contributed by atoms with E-state index in [1.54, 1.807) is 0 Å². The van der Waals surface area contributed by atoms with Crippen LogP contribution in [0.4, 0.5) is 11.4 Å². The second-order valence-electron chi connectivity index (χ2n) is 9.27. The molecule has 40 heavy (non-hydrogen) atoms. The van der Waals surface area contributed by atoms with Crippen LogP contribution in [0.3, 0.4) is 0 Å². The molecule has 14 nitrogen and oxygen atoms in total. The summed E-state index contributed by atoms with van der Waals surface area (Å²) in [7, 11) is 0. The standard InChI is InChI=1S/C26H34N8O6/c1-13(35)21-25(39)33-19-10-14(22(28)36)5-6-15(19)12-40-20-8-7-16(31-26(29)30)11-17(20)23(37)32-18(24(38)34-21)4-2-3-9-27/h5-8,10-11,13,18,21,35H,2-4,9,12,27H2,1H3,(H2,28,36)(H,32,37)(H,33,39)(H,34,38)(H4,29,30,31)/t13-,18?,21+/m1/s1. The summed E-state index contributed by atoms with van der Waals surface area (Å²) in [4.78, 5) is 55.7. The number of amides is 4. The molecule has 2 aromatic carbocycles. The lowest BCUT2D eigenvalue weighted by Gasteiger charge is -2.26. The molecule has 14 heteroatoms. The molecule has 0 saturated carbocycles. The molecule has 12 N–H and O–H groups in total. The molecule has 1 aliphatic rings. The van der Waals surface area contributed by atoms with Crippen LogP contribution >= 0.6 is 0 Å². The van der Waals surface area contributed by atoms with Crippen LogP contribution in [0.2, 0.25) is 0 Å². The first-order valence-corrected chi connectivity index (χ1v) is 12.6. The summed E-state index contributed by atoms with van der Waals surface area (Å²) in [5.41, 5.74) is 23.0. The Morgan fingerprint density at radius 2 is 1.82 bits per heavy atom. The zero-order chi connectivity index (χ0) is 29.4. The van der Waals surface area contributed by atoms with Crippen molar-refractivity contribution in [2.75, 3.05) is 11.9 Å². The minimum Gasteiger partial charge on any atom is -0.488 e. The van der Waals surface area contributed by atoms with Crippen molar-refractivity contribution in [3.63, 3.8) is 0 Å². The van der Waals surface area contributed by atoms with Gasteiger partial charge in [0.15, 0.2) is 5.96 Å². The smallest absolute Gasteiger partial charge is 0.255 e. The van der Waals surface area contributed by atoms with E-state index in [1.165, 1.54) is 43.3 Å². The number of fused-ring (bicyclic) bond motifs is 2. The molecule has 0 spiro atoms. The van der Waals surface area contributed by atoms with Crippen molar-refractivity contribution in [2.24, 2.45) is 27.9 Å². The van der Waals surface area contributed by atoms with Gasteiger partial charge >= 0.3 is 0 Å². The van der Waals surface area contributed by atoms with Crippen molar-refractivity contribution in [2.45, 2.75) is 51.0 Å². The van der Waals surface area contributed by atoms with Crippen molar-refractivity contribution in [1.82, 2.24) is 10.6 Å². The second-order valence-corrected chi connectivity index (χ2v) is 9.27. The monoisotopic (exact) mass is 554 g/mol. The fraction of sp³-hybridized carbons (Fsp3) is 0.346. The number of ether oxygens (including phenoxy) is 1. The number of primary amides is 1. The molecule has 0 aromatic heterocycles. The predicted molar refractivity (Wildman–Crippen MR) is 148 cm³/mol. The quantitative estimate of drug-likeness (QED) is 0.122. The van der Waals surface area contributed by atoms with Gasteiger partial charge in [0.25, 0.3) is 5.91 Å². The van der Waals surface area contributed by atoms with Gasteiger partial charge in [0.2, 0.25) is 17.7 Å². The van der Waals surface area contributed by atoms with Gasteiger partial charge in [-0.25, -0.2) is 4.99 Å². The molecule has 1 heterocycles.